The number of aliphatic hydroxyl groups excluding tert-OH is 1. The number of aliphatic hydroxyl groups is 1. The van der Waals surface area contributed by atoms with Crippen molar-refractivity contribution >= 4 is 12.4 Å². The van der Waals surface area contributed by atoms with Crippen molar-refractivity contribution in [1.82, 2.24) is 4.90 Å². The molecule has 0 radical (unpaired) electrons. The monoisotopic (exact) mass is 361 g/mol. The molecule has 2 nitrogen and oxygen atoms in total. The molecule has 0 atom stereocenters. The highest BCUT2D eigenvalue weighted by molar-refractivity contribution is 5.85. The van der Waals surface area contributed by atoms with Crippen LogP contribution in [0.3, 0.4) is 0 Å². The highest BCUT2D eigenvalue weighted by Gasteiger charge is 1.94. The van der Waals surface area contributed by atoms with Crippen molar-refractivity contribution < 1.29 is 5.11 Å². The molecule has 0 saturated carbocycles. The fourth-order valence-corrected chi connectivity index (χ4v) is 2.94. The van der Waals surface area contributed by atoms with Gasteiger partial charge in [-0.05, 0) is 19.0 Å². The summed E-state index contributed by atoms with van der Waals surface area (Å²) < 4.78 is 0. The van der Waals surface area contributed by atoms with Gasteiger partial charge in [-0.15, -0.1) is 12.4 Å². The van der Waals surface area contributed by atoms with Crippen molar-refractivity contribution in [3.05, 3.63) is 12.3 Å². The van der Waals surface area contributed by atoms with E-state index in [1.807, 2.05) is 11.9 Å². The van der Waals surface area contributed by atoms with Crippen molar-refractivity contribution in [1.29, 1.82) is 0 Å². The summed E-state index contributed by atoms with van der Waals surface area (Å²) in [5.41, 5.74) is 0. The van der Waals surface area contributed by atoms with Crippen LogP contribution in [0.4, 0.5) is 0 Å². The lowest BCUT2D eigenvalue weighted by Crippen LogP contribution is -2.14. The molecule has 0 aromatic rings. The van der Waals surface area contributed by atoms with Gasteiger partial charge in [-0.3, -0.25) is 0 Å². The van der Waals surface area contributed by atoms with Crippen LogP contribution in [0.15, 0.2) is 12.3 Å². The van der Waals surface area contributed by atoms with Crippen LogP contribution in [-0.4, -0.2) is 30.2 Å². The van der Waals surface area contributed by atoms with Gasteiger partial charge in [0.2, 0.25) is 0 Å². The first-order valence-corrected chi connectivity index (χ1v) is 10.3. The van der Waals surface area contributed by atoms with Crippen LogP contribution in [0.2, 0.25) is 0 Å². The standard InChI is InChI=1S/C21H43NO.ClH/c1-3-4-5-6-7-8-9-10-11-12-13-14-15-16-17-18-19-22(2)20-21-23;/h18-19,23H,3-17,20-21H2,1-2H3;1H. The van der Waals surface area contributed by atoms with Crippen LogP contribution >= 0.6 is 12.4 Å². The zero-order chi connectivity index (χ0) is 17.0. The van der Waals surface area contributed by atoms with Crippen LogP contribution in [-0.2, 0) is 0 Å². The van der Waals surface area contributed by atoms with Gasteiger partial charge in [0.25, 0.3) is 0 Å². The molecule has 0 aliphatic heterocycles. The number of halogens is 1. The van der Waals surface area contributed by atoms with Crippen LogP contribution in [0.1, 0.15) is 103 Å². The lowest BCUT2D eigenvalue weighted by molar-refractivity contribution is 0.254. The van der Waals surface area contributed by atoms with Gasteiger partial charge >= 0.3 is 0 Å². The van der Waals surface area contributed by atoms with E-state index in [4.69, 9.17) is 5.11 Å². The molecular formula is C21H44ClNO. The molecule has 0 aromatic carbocycles. The second-order valence-electron chi connectivity index (χ2n) is 6.97. The molecule has 0 aliphatic carbocycles. The predicted octanol–water partition coefficient (Wildman–Crippen LogP) is 6.72. The van der Waals surface area contributed by atoms with Gasteiger partial charge in [-0.1, -0.05) is 96.5 Å². The summed E-state index contributed by atoms with van der Waals surface area (Å²) in [6.07, 6.45) is 25.4. The maximum atomic E-state index is 8.80. The minimum absolute atomic E-state index is 0. The maximum Gasteiger partial charge on any atom is 0.0606 e. The zero-order valence-corrected chi connectivity index (χ0v) is 17.3. The molecule has 0 aromatic heterocycles. The van der Waals surface area contributed by atoms with E-state index in [9.17, 15) is 0 Å². The second-order valence-corrected chi connectivity index (χ2v) is 6.97. The number of hydrogen-bond donors (Lipinski definition) is 1. The number of allylic oxidation sites excluding steroid dienone is 1. The summed E-state index contributed by atoms with van der Waals surface area (Å²) in [5, 5.41) is 8.80. The van der Waals surface area contributed by atoms with Gasteiger partial charge in [-0.2, -0.15) is 0 Å². The van der Waals surface area contributed by atoms with Gasteiger partial charge in [0, 0.05) is 13.6 Å². The highest BCUT2D eigenvalue weighted by atomic mass is 35.5. The van der Waals surface area contributed by atoms with Crippen LogP contribution in [0.25, 0.3) is 0 Å². The number of rotatable bonds is 18. The largest absolute Gasteiger partial charge is 0.395 e. The summed E-state index contributed by atoms with van der Waals surface area (Å²) in [7, 11) is 2.01. The molecule has 0 bridgehead atoms. The molecule has 0 fully saturated rings. The lowest BCUT2D eigenvalue weighted by atomic mass is 10.0. The molecule has 146 valence electrons. The Hall–Kier alpha value is -0.210. The maximum absolute atomic E-state index is 8.80. The number of unbranched alkanes of at least 4 members (excludes halogenated alkanes) is 14. The fourth-order valence-electron chi connectivity index (χ4n) is 2.94. The summed E-state index contributed by atoms with van der Waals surface area (Å²) in [5.74, 6) is 0. The van der Waals surface area contributed by atoms with Gasteiger partial charge in [0.1, 0.15) is 0 Å². The number of nitrogens with zero attached hydrogens (tertiary/aromatic N) is 1. The zero-order valence-electron chi connectivity index (χ0n) is 16.5. The summed E-state index contributed by atoms with van der Waals surface area (Å²) in [6, 6.07) is 0. The van der Waals surface area contributed by atoms with E-state index in [2.05, 4.69) is 19.2 Å². The molecule has 24 heavy (non-hydrogen) atoms. The highest BCUT2D eigenvalue weighted by Crippen LogP contribution is 2.13. The van der Waals surface area contributed by atoms with Gasteiger partial charge in [0.05, 0.1) is 6.61 Å². The third-order valence-electron chi connectivity index (χ3n) is 4.54. The van der Waals surface area contributed by atoms with E-state index >= 15 is 0 Å². The Bertz CT molecular complexity index is 246. The van der Waals surface area contributed by atoms with E-state index in [1.165, 1.54) is 96.3 Å². The average molecular weight is 362 g/mol. The Morgan fingerprint density at radius 3 is 1.54 bits per heavy atom. The first kappa shape index (κ1) is 26.0. The molecular weight excluding hydrogens is 318 g/mol. The van der Waals surface area contributed by atoms with Crippen molar-refractivity contribution in [2.45, 2.75) is 103 Å². The fraction of sp³-hybridized carbons (Fsp3) is 0.905. The van der Waals surface area contributed by atoms with Crippen LogP contribution in [0.5, 0.6) is 0 Å². The molecule has 1 N–H and O–H groups in total. The van der Waals surface area contributed by atoms with E-state index in [0.717, 1.165) is 6.54 Å². The molecule has 3 heteroatoms. The number of likely N-dealkylation sites (N-methyl/N-ethyl adjacent to an activating group) is 1. The number of hydrogen-bond acceptors (Lipinski definition) is 2. The normalized spacial score (nSPS) is 11.0. The SMILES string of the molecule is CCCCCCCCCCCCCCCCC=CN(C)CCO.Cl. The molecule has 0 amide bonds. The van der Waals surface area contributed by atoms with Gasteiger partial charge < -0.3 is 10.0 Å². The molecule has 0 saturated heterocycles. The third-order valence-corrected chi connectivity index (χ3v) is 4.54. The lowest BCUT2D eigenvalue weighted by Gasteiger charge is -2.10. The molecule has 0 spiro atoms. The van der Waals surface area contributed by atoms with E-state index in [0.29, 0.717) is 0 Å². The predicted molar refractivity (Wildman–Crippen MR) is 111 cm³/mol. The Morgan fingerprint density at radius 2 is 1.12 bits per heavy atom. The summed E-state index contributed by atoms with van der Waals surface area (Å²) in [6.45, 7) is 3.25. The Labute approximate surface area is 158 Å². The van der Waals surface area contributed by atoms with E-state index in [-0.39, 0.29) is 19.0 Å². The molecule has 0 unspecified atom stereocenters. The van der Waals surface area contributed by atoms with E-state index in [1.54, 1.807) is 0 Å². The van der Waals surface area contributed by atoms with Crippen molar-refractivity contribution in [2.75, 3.05) is 20.2 Å². The topological polar surface area (TPSA) is 23.5 Å². The Kier molecular flexibility index (Phi) is 24.7. The minimum atomic E-state index is 0. The Morgan fingerprint density at radius 1 is 0.708 bits per heavy atom. The van der Waals surface area contributed by atoms with Crippen molar-refractivity contribution in [3.8, 4) is 0 Å². The van der Waals surface area contributed by atoms with Crippen molar-refractivity contribution in [3.63, 3.8) is 0 Å². The minimum Gasteiger partial charge on any atom is -0.395 e. The second kappa shape index (κ2) is 22.8. The first-order valence-electron chi connectivity index (χ1n) is 10.3. The average Bonchev–Trinajstić information content (AvgIpc) is 2.54. The first-order chi connectivity index (χ1) is 11.3. The quantitative estimate of drug-likeness (QED) is 0.274. The summed E-state index contributed by atoms with van der Waals surface area (Å²) >= 11 is 0. The molecule has 0 heterocycles. The van der Waals surface area contributed by atoms with Crippen molar-refractivity contribution in [2.24, 2.45) is 0 Å². The summed E-state index contributed by atoms with van der Waals surface area (Å²) in [4.78, 5) is 2.05. The Balaban J connectivity index is 0. The van der Waals surface area contributed by atoms with Gasteiger partial charge in [0.15, 0.2) is 0 Å². The van der Waals surface area contributed by atoms with Gasteiger partial charge in [-0.25, -0.2) is 0 Å². The third kappa shape index (κ3) is 21.8. The van der Waals surface area contributed by atoms with E-state index < -0.39 is 0 Å². The smallest absolute Gasteiger partial charge is 0.0606 e. The molecule has 0 aliphatic rings. The molecule has 0 rings (SSSR count). The van der Waals surface area contributed by atoms with Crippen LogP contribution < -0.4 is 0 Å². The van der Waals surface area contributed by atoms with Crippen LogP contribution in [0, 0.1) is 0 Å².